The van der Waals surface area contributed by atoms with Crippen molar-refractivity contribution in [1.82, 2.24) is 0 Å². The quantitative estimate of drug-likeness (QED) is 0.671. The third-order valence-electron chi connectivity index (χ3n) is 7.66. The molecule has 1 aliphatic heterocycles. The Morgan fingerprint density at radius 1 is 1.09 bits per heavy atom. The lowest BCUT2D eigenvalue weighted by Crippen LogP contribution is -2.49. The molecule has 2 N–H and O–H groups in total. The van der Waals surface area contributed by atoms with Crippen LogP contribution in [-0.4, -0.2) is 24.8 Å². The first kappa shape index (κ1) is 21.2. The SMILES string of the molecule is COC1CCC2(CCc3ccc(-c4cc(Cl)cc(C#N)c4)cc3[C@]23N=C(C)C(N)=N3)CC1. The van der Waals surface area contributed by atoms with E-state index in [9.17, 15) is 5.26 Å². The van der Waals surface area contributed by atoms with Gasteiger partial charge in [0.25, 0.3) is 0 Å². The van der Waals surface area contributed by atoms with Gasteiger partial charge in [-0.05, 0) is 86.4 Å². The predicted molar refractivity (Wildman–Crippen MR) is 128 cm³/mol. The van der Waals surface area contributed by atoms with E-state index in [0.717, 1.165) is 60.9 Å². The fourth-order valence-corrected chi connectivity index (χ4v) is 6.10. The van der Waals surface area contributed by atoms with Crippen LogP contribution in [0.4, 0.5) is 0 Å². The minimum atomic E-state index is -0.694. The van der Waals surface area contributed by atoms with E-state index < -0.39 is 5.66 Å². The first-order valence-electron chi connectivity index (χ1n) is 11.2. The van der Waals surface area contributed by atoms with E-state index in [1.54, 1.807) is 13.2 Å². The molecule has 1 fully saturated rings. The lowest BCUT2D eigenvalue weighted by molar-refractivity contribution is -0.0180. The molecule has 32 heavy (non-hydrogen) atoms. The van der Waals surface area contributed by atoms with E-state index >= 15 is 0 Å². The number of hydrogen-bond donors (Lipinski definition) is 1. The second-order valence-electron chi connectivity index (χ2n) is 9.29. The Morgan fingerprint density at radius 3 is 2.53 bits per heavy atom. The molecule has 1 heterocycles. The molecule has 3 aliphatic rings. The molecule has 5 nitrogen and oxygen atoms in total. The average molecular weight is 447 g/mol. The zero-order valence-electron chi connectivity index (χ0n) is 18.5. The molecule has 2 spiro atoms. The zero-order chi connectivity index (χ0) is 22.5. The predicted octanol–water partition coefficient (Wildman–Crippen LogP) is 5.38. The Hall–Kier alpha value is -2.68. The monoisotopic (exact) mass is 446 g/mol. The van der Waals surface area contributed by atoms with Gasteiger partial charge in [-0.1, -0.05) is 23.7 Å². The van der Waals surface area contributed by atoms with Crippen molar-refractivity contribution in [2.24, 2.45) is 21.1 Å². The highest BCUT2D eigenvalue weighted by Crippen LogP contribution is 2.60. The van der Waals surface area contributed by atoms with Crippen LogP contribution in [0.3, 0.4) is 0 Å². The average Bonchev–Trinajstić information content (AvgIpc) is 3.12. The van der Waals surface area contributed by atoms with Gasteiger partial charge in [0.05, 0.1) is 23.4 Å². The summed E-state index contributed by atoms with van der Waals surface area (Å²) < 4.78 is 5.66. The van der Waals surface area contributed by atoms with Crippen molar-refractivity contribution in [3.05, 3.63) is 58.1 Å². The molecule has 0 bridgehead atoms. The minimum absolute atomic E-state index is 0.0673. The number of ether oxygens (including phenoxy) is 1. The van der Waals surface area contributed by atoms with Crippen molar-refractivity contribution in [3.63, 3.8) is 0 Å². The third kappa shape index (κ3) is 3.17. The summed E-state index contributed by atoms with van der Waals surface area (Å²) in [6.45, 7) is 1.95. The van der Waals surface area contributed by atoms with Crippen molar-refractivity contribution in [3.8, 4) is 17.2 Å². The topological polar surface area (TPSA) is 83.8 Å². The number of fused-ring (bicyclic) bond motifs is 3. The number of hydrogen-bond acceptors (Lipinski definition) is 5. The Bertz CT molecular complexity index is 1170. The number of methoxy groups -OCH3 is 1. The summed E-state index contributed by atoms with van der Waals surface area (Å²) in [4.78, 5) is 10.3. The van der Waals surface area contributed by atoms with E-state index in [2.05, 4.69) is 24.3 Å². The van der Waals surface area contributed by atoms with Crippen molar-refractivity contribution in [2.45, 2.75) is 57.2 Å². The highest BCUT2D eigenvalue weighted by Gasteiger charge is 2.58. The number of nitriles is 1. The van der Waals surface area contributed by atoms with Crippen LogP contribution in [-0.2, 0) is 16.8 Å². The highest BCUT2D eigenvalue weighted by atomic mass is 35.5. The lowest BCUT2D eigenvalue weighted by Gasteiger charge is -2.52. The standard InChI is InChI=1S/C26H27ClN4O/c1-16-24(29)31-26(30-16)23-14-19(20-11-17(15-28)12-21(27)13-20)4-3-18(23)5-8-25(26)9-6-22(32-2)7-10-25/h3-4,11-14,22H,5-10H2,1-2H3,(H2,29,31)/t22?,25?,26-/m1/s1. The van der Waals surface area contributed by atoms with Crippen molar-refractivity contribution in [1.29, 1.82) is 5.26 Å². The van der Waals surface area contributed by atoms with Crippen LogP contribution in [0.25, 0.3) is 11.1 Å². The van der Waals surface area contributed by atoms with Gasteiger partial charge in [0.1, 0.15) is 5.84 Å². The number of aliphatic imine (C=N–C) groups is 2. The Labute approximate surface area is 194 Å². The lowest BCUT2D eigenvalue weighted by atomic mass is 9.57. The van der Waals surface area contributed by atoms with Gasteiger partial charge in [-0.3, -0.25) is 4.99 Å². The molecule has 0 aromatic heterocycles. The van der Waals surface area contributed by atoms with Crippen molar-refractivity contribution >= 4 is 23.1 Å². The summed E-state index contributed by atoms with van der Waals surface area (Å²) >= 11 is 6.30. The molecule has 164 valence electrons. The van der Waals surface area contributed by atoms with Crippen LogP contribution in [0, 0.1) is 16.7 Å². The van der Waals surface area contributed by atoms with Crippen LogP contribution in [0.1, 0.15) is 55.7 Å². The van der Waals surface area contributed by atoms with E-state index in [4.69, 9.17) is 32.1 Å². The molecule has 1 saturated carbocycles. The van der Waals surface area contributed by atoms with E-state index in [1.165, 1.54) is 5.56 Å². The molecule has 0 saturated heterocycles. The number of benzene rings is 2. The fraction of sp³-hybridized carbons (Fsp3) is 0.423. The van der Waals surface area contributed by atoms with E-state index in [0.29, 0.717) is 22.5 Å². The summed E-state index contributed by atoms with van der Waals surface area (Å²) in [5.41, 5.74) is 11.3. The first-order valence-corrected chi connectivity index (χ1v) is 11.6. The maximum absolute atomic E-state index is 9.39. The van der Waals surface area contributed by atoms with Crippen molar-refractivity contribution < 1.29 is 4.74 Å². The molecule has 1 atom stereocenters. The molecule has 0 amide bonds. The Balaban J connectivity index is 1.68. The smallest absolute Gasteiger partial charge is 0.184 e. The number of nitrogens with two attached hydrogens (primary N) is 1. The van der Waals surface area contributed by atoms with Crippen molar-refractivity contribution in [2.75, 3.05) is 7.11 Å². The fourth-order valence-electron chi connectivity index (χ4n) is 5.87. The molecule has 0 radical (unpaired) electrons. The van der Waals surface area contributed by atoms with E-state index in [-0.39, 0.29) is 5.41 Å². The maximum Gasteiger partial charge on any atom is 0.184 e. The van der Waals surface area contributed by atoms with Crippen LogP contribution in [0.5, 0.6) is 0 Å². The van der Waals surface area contributed by atoms with Gasteiger partial charge in [0.15, 0.2) is 5.66 Å². The maximum atomic E-state index is 9.39. The molecule has 2 aromatic carbocycles. The van der Waals surface area contributed by atoms with Crippen LogP contribution in [0.15, 0.2) is 46.4 Å². The molecule has 2 aromatic rings. The van der Waals surface area contributed by atoms with Gasteiger partial charge >= 0.3 is 0 Å². The highest BCUT2D eigenvalue weighted by molar-refractivity contribution is 6.41. The zero-order valence-corrected chi connectivity index (χ0v) is 19.2. The minimum Gasteiger partial charge on any atom is -0.382 e. The number of halogens is 1. The number of rotatable bonds is 2. The normalized spacial score (nSPS) is 28.9. The third-order valence-corrected chi connectivity index (χ3v) is 7.88. The molecule has 2 aliphatic carbocycles. The summed E-state index contributed by atoms with van der Waals surface area (Å²) in [5, 5.41) is 9.94. The summed E-state index contributed by atoms with van der Waals surface area (Å²) in [5.74, 6) is 0.533. The Kier molecular flexibility index (Phi) is 5.11. The van der Waals surface area contributed by atoms with Crippen LogP contribution < -0.4 is 5.73 Å². The molecular weight excluding hydrogens is 420 g/mol. The van der Waals surface area contributed by atoms with Gasteiger partial charge in [0, 0.05) is 23.1 Å². The summed E-state index contributed by atoms with van der Waals surface area (Å²) in [6.07, 6.45) is 6.39. The van der Waals surface area contributed by atoms with Gasteiger partial charge < -0.3 is 10.5 Å². The number of aryl methyl sites for hydroxylation is 1. The number of amidine groups is 1. The van der Waals surface area contributed by atoms with Crippen LogP contribution >= 0.6 is 11.6 Å². The molecular formula is C26H27ClN4O. The molecule has 0 unspecified atom stereocenters. The second-order valence-corrected chi connectivity index (χ2v) is 9.73. The largest absolute Gasteiger partial charge is 0.382 e. The van der Waals surface area contributed by atoms with Gasteiger partial charge in [0.2, 0.25) is 0 Å². The van der Waals surface area contributed by atoms with Gasteiger partial charge in [-0.15, -0.1) is 0 Å². The van der Waals surface area contributed by atoms with Gasteiger partial charge in [-0.2, -0.15) is 5.26 Å². The van der Waals surface area contributed by atoms with Crippen LogP contribution in [0.2, 0.25) is 5.02 Å². The Morgan fingerprint density at radius 2 is 1.88 bits per heavy atom. The second kappa shape index (κ2) is 7.72. The first-order chi connectivity index (χ1) is 15.4. The van der Waals surface area contributed by atoms with Gasteiger partial charge in [-0.25, -0.2) is 4.99 Å². The summed E-state index contributed by atoms with van der Waals surface area (Å²) in [7, 11) is 1.80. The summed E-state index contributed by atoms with van der Waals surface area (Å²) in [6, 6.07) is 14.2. The van der Waals surface area contributed by atoms with E-state index in [1.807, 2.05) is 19.1 Å². The number of nitrogens with zero attached hydrogens (tertiary/aromatic N) is 3. The molecule has 6 heteroatoms. The molecule has 5 rings (SSSR count).